The SMILES string of the molecule is Cc1cc(=O)oc2cc(NC(=O)C(C)Sc3ccc(Cl)cc3)ccc12. The van der Waals surface area contributed by atoms with Crippen molar-refractivity contribution in [1.29, 1.82) is 0 Å². The Balaban J connectivity index is 1.74. The summed E-state index contributed by atoms with van der Waals surface area (Å²) in [5.41, 5.74) is 1.49. The van der Waals surface area contributed by atoms with Crippen molar-refractivity contribution in [2.45, 2.75) is 24.0 Å². The first-order chi connectivity index (χ1) is 11.9. The van der Waals surface area contributed by atoms with E-state index in [1.165, 1.54) is 17.8 Å². The van der Waals surface area contributed by atoms with Gasteiger partial charge in [-0.25, -0.2) is 4.79 Å². The second-order valence-electron chi connectivity index (χ2n) is 5.66. The van der Waals surface area contributed by atoms with Crippen molar-refractivity contribution in [3.63, 3.8) is 0 Å². The van der Waals surface area contributed by atoms with Crippen LogP contribution in [0.2, 0.25) is 5.02 Å². The standard InChI is InChI=1S/C19H16ClNO3S/c1-11-9-18(22)24-17-10-14(5-8-16(11)17)21-19(23)12(2)25-15-6-3-13(20)4-7-15/h3-10,12H,1-2H3,(H,21,23). The van der Waals surface area contributed by atoms with E-state index < -0.39 is 5.63 Å². The van der Waals surface area contributed by atoms with E-state index in [1.807, 2.05) is 32.0 Å². The smallest absolute Gasteiger partial charge is 0.336 e. The lowest BCUT2D eigenvalue weighted by atomic mass is 10.1. The quantitative estimate of drug-likeness (QED) is 0.523. The molecule has 1 unspecified atom stereocenters. The molecule has 0 saturated carbocycles. The summed E-state index contributed by atoms with van der Waals surface area (Å²) in [7, 11) is 0. The van der Waals surface area contributed by atoms with Gasteiger partial charge in [0.1, 0.15) is 5.58 Å². The van der Waals surface area contributed by atoms with Crippen molar-refractivity contribution in [3.8, 4) is 0 Å². The van der Waals surface area contributed by atoms with Crippen LogP contribution in [0.15, 0.2) is 62.6 Å². The van der Waals surface area contributed by atoms with Crippen molar-refractivity contribution in [2.24, 2.45) is 0 Å². The number of rotatable bonds is 4. The third-order valence-corrected chi connectivity index (χ3v) is 5.08. The van der Waals surface area contributed by atoms with E-state index in [0.29, 0.717) is 16.3 Å². The number of thioether (sulfide) groups is 1. The summed E-state index contributed by atoms with van der Waals surface area (Å²) in [6, 6.07) is 14.1. The lowest BCUT2D eigenvalue weighted by Crippen LogP contribution is -2.22. The maximum atomic E-state index is 12.4. The molecule has 0 aliphatic carbocycles. The first-order valence-corrected chi connectivity index (χ1v) is 8.96. The zero-order chi connectivity index (χ0) is 18.0. The number of halogens is 1. The number of aryl methyl sites for hydroxylation is 1. The fraction of sp³-hybridized carbons (Fsp3) is 0.158. The molecule has 4 nitrogen and oxygen atoms in total. The van der Waals surface area contributed by atoms with Crippen LogP contribution in [0.3, 0.4) is 0 Å². The molecule has 25 heavy (non-hydrogen) atoms. The van der Waals surface area contributed by atoms with Crippen LogP contribution in [-0.2, 0) is 4.79 Å². The molecule has 3 rings (SSSR count). The van der Waals surface area contributed by atoms with Gasteiger partial charge in [-0.1, -0.05) is 11.6 Å². The van der Waals surface area contributed by atoms with Crippen molar-refractivity contribution < 1.29 is 9.21 Å². The Labute approximate surface area is 154 Å². The van der Waals surface area contributed by atoms with Crippen LogP contribution in [0.5, 0.6) is 0 Å². The minimum Gasteiger partial charge on any atom is -0.423 e. The number of amides is 1. The molecule has 0 bridgehead atoms. The highest BCUT2D eigenvalue weighted by atomic mass is 35.5. The van der Waals surface area contributed by atoms with Crippen LogP contribution < -0.4 is 10.9 Å². The number of carbonyl (C=O) groups excluding carboxylic acids is 1. The number of nitrogens with one attached hydrogen (secondary N) is 1. The molecule has 1 aromatic heterocycles. The second-order valence-corrected chi connectivity index (χ2v) is 7.51. The highest BCUT2D eigenvalue weighted by molar-refractivity contribution is 8.00. The van der Waals surface area contributed by atoms with E-state index in [2.05, 4.69) is 5.32 Å². The molecule has 0 aliphatic rings. The van der Waals surface area contributed by atoms with Crippen LogP contribution >= 0.6 is 23.4 Å². The molecule has 0 radical (unpaired) electrons. The number of hydrogen-bond acceptors (Lipinski definition) is 4. The van der Waals surface area contributed by atoms with Gasteiger partial charge >= 0.3 is 5.63 Å². The number of hydrogen-bond donors (Lipinski definition) is 1. The van der Waals surface area contributed by atoms with Gasteiger partial charge < -0.3 is 9.73 Å². The topological polar surface area (TPSA) is 59.3 Å². The van der Waals surface area contributed by atoms with E-state index >= 15 is 0 Å². The third-order valence-electron chi connectivity index (χ3n) is 3.71. The average molecular weight is 374 g/mol. The normalized spacial score (nSPS) is 12.1. The Hall–Kier alpha value is -2.24. The second kappa shape index (κ2) is 7.33. The predicted molar refractivity (Wildman–Crippen MR) is 103 cm³/mol. The van der Waals surface area contributed by atoms with Crippen molar-refractivity contribution in [3.05, 3.63) is 69.5 Å². The van der Waals surface area contributed by atoms with E-state index in [4.69, 9.17) is 16.0 Å². The van der Waals surface area contributed by atoms with E-state index in [9.17, 15) is 9.59 Å². The van der Waals surface area contributed by atoms with E-state index in [1.54, 1.807) is 24.3 Å². The molecule has 1 N–H and O–H groups in total. The molecule has 3 aromatic rings. The first kappa shape index (κ1) is 17.6. The summed E-state index contributed by atoms with van der Waals surface area (Å²) in [5.74, 6) is -0.130. The minimum atomic E-state index is -0.403. The van der Waals surface area contributed by atoms with Crippen LogP contribution in [0.4, 0.5) is 5.69 Å². The molecule has 1 amide bonds. The molecular weight excluding hydrogens is 358 g/mol. The Kier molecular flexibility index (Phi) is 5.16. The highest BCUT2D eigenvalue weighted by Crippen LogP contribution is 2.26. The fourth-order valence-corrected chi connectivity index (χ4v) is 3.41. The van der Waals surface area contributed by atoms with Gasteiger partial charge in [0.15, 0.2) is 0 Å². The molecule has 2 aromatic carbocycles. The molecule has 0 saturated heterocycles. The largest absolute Gasteiger partial charge is 0.423 e. The van der Waals surface area contributed by atoms with Crippen molar-refractivity contribution in [2.75, 3.05) is 5.32 Å². The van der Waals surface area contributed by atoms with Gasteiger partial charge in [-0.05, 0) is 55.8 Å². The maximum Gasteiger partial charge on any atom is 0.336 e. The number of fused-ring (bicyclic) bond motifs is 1. The lowest BCUT2D eigenvalue weighted by molar-refractivity contribution is -0.115. The maximum absolute atomic E-state index is 12.4. The number of anilines is 1. The molecular formula is C19H16ClNO3S. The Bertz CT molecular complexity index is 982. The number of benzene rings is 2. The summed E-state index contributed by atoms with van der Waals surface area (Å²) in [4.78, 5) is 24.9. The molecule has 128 valence electrons. The van der Waals surface area contributed by atoms with Crippen LogP contribution in [0.1, 0.15) is 12.5 Å². The Morgan fingerprint density at radius 1 is 1.16 bits per heavy atom. The van der Waals surface area contributed by atoms with Gasteiger partial charge in [-0.2, -0.15) is 0 Å². The summed E-state index contributed by atoms with van der Waals surface area (Å²) in [6.07, 6.45) is 0. The monoisotopic (exact) mass is 373 g/mol. The molecule has 0 fully saturated rings. The fourth-order valence-electron chi connectivity index (χ4n) is 2.42. The van der Waals surface area contributed by atoms with Gasteiger partial charge in [0.05, 0.1) is 5.25 Å². The first-order valence-electron chi connectivity index (χ1n) is 7.70. The lowest BCUT2D eigenvalue weighted by Gasteiger charge is -2.12. The van der Waals surface area contributed by atoms with Crippen LogP contribution in [0.25, 0.3) is 11.0 Å². The predicted octanol–water partition coefficient (Wildman–Crippen LogP) is 4.87. The summed E-state index contributed by atoms with van der Waals surface area (Å²) < 4.78 is 5.21. The molecule has 0 aliphatic heterocycles. The van der Waals surface area contributed by atoms with E-state index in [-0.39, 0.29) is 11.2 Å². The zero-order valence-electron chi connectivity index (χ0n) is 13.7. The highest BCUT2D eigenvalue weighted by Gasteiger charge is 2.15. The molecule has 0 spiro atoms. The van der Waals surface area contributed by atoms with Crippen molar-refractivity contribution in [1.82, 2.24) is 0 Å². The van der Waals surface area contributed by atoms with E-state index in [0.717, 1.165) is 15.8 Å². The minimum absolute atomic E-state index is 0.130. The summed E-state index contributed by atoms with van der Waals surface area (Å²) in [6.45, 7) is 3.68. The zero-order valence-corrected chi connectivity index (χ0v) is 15.3. The molecule has 1 atom stereocenters. The van der Waals surface area contributed by atoms with Crippen molar-refractivity contribution >= 4 is 45.9 Å². The van der Waals surface area contributed by atoms with Gasteiger partial charge in [-0.15, -0.1) is 11.8 Å². The molecule has 1 heterocycles. The Morgan fingerprint density at radius 2 is 1.88 bits per heavy atom. The van der Waals surface area contributed by atoms with Gasteiger partial charge in [0, 0.05) is 33.1 Å². The third kappa shape index (κ3) is 4.24. The van der Waals surface area contributed by atoms with Crippen LogP contribution in [-0.4, -0.2) is 11.2 Å². The van der Waals surface area contributed by atoms with Gasteiger partial charge in [0.2, 0.25) is 5.91 Å². The van der Waals surface area contributed by atoms with Gasteiger partial charge in [0.25, 0.3) is 0 Å². The number of carbonyl (C=O) groups is 1. The average Bonchev–Trinajstić information content (AvgIpc) is 2.56. The molecule has 6 heteroatoms. The summed E-state index contributed by atoms with van der Waals surface area (Å²) >= 11 is 7.31. The van der Waals surface area contributed by atoms with Gasteiger partial charge in [-0.3, -0.25) is 4.79 Å². The van der Waals surface area contributed by atoms with Crippen LogP contribution in [0, 0.1) is 6.92 Å². The summed E-state index contributed by atoms with van der Waals surface area (Å²) in [5, 5.41) is 4.08. The Morgan fingerprint density at radius 3 is 2.60 bits per heavy atom.